The van der Waals surface area contributed by atoms with Crippen LogP contribution in [0.15, 0.2) is 0 Å². The van der Waals surface area contributed by atoms with Gasteiger partial charge >= 0.3 is 0 Å². The summed E-state index contributed by atoms with van der Waals surface area (Å²) in [5.74, 6) is 2.07. The van der Waals surface area contributed by atoms with E-state index >= 15 is 0 Å². The molecular formula is C10H17O+. The molecule has 3 atom stereocenters. The molecule has 4 aliphatic rings. The van der Waals surface area contributed by atoms with Crippen LogP contribution in [0.25, 0.3) is 0 Å². The summed E-state index contributed by atoms with van der Waals surface area (Å²) in [6.07, 6.45) is 4.54. The lowest BCUT2D eigenvalue weighted by molar-refractivity contribution is -0.290. The molecule has 4 bridgehead atoms. The molecule has 0 radical (unpaired) electrons. The van der Waals surface area contributed by atoms with Crippen LogP contribution >= 0.6 is 0 Å². The lowest BCUT2D eigenvalue weighted by Crippen LogP contribution is -2.53. The molecule has 0 amide bonds. The Morgan fingerprint density at radius 1 is 1.18 bits per heavy atom. The van der Waals surface area contributed by atoms with Gasteiger partial charge in [0.1, 0.15) is 13.2 Å². The number of hydrogen-bond acceptors (Lipinski definition) is 0. The first-order valence-corrected chi connectivity index (χ1v) is 4.88. The van der Waals surface area contributed by atoms with Crippen molar-refractivity contribution < 1.29 is 4.37 Å². The predicted molar refractivity (Wildman–Crippen MR) is 44.6 cm³/mol. The Morgan fingerprint density at radius 3 is 2.27 bits per heavy atom. The van der Waals surface area contributed by atoms with Gasteiger partial charge in [-0.2, -0.15) is 0 Å². The summed E-state index contributed by atoms with van der Waals surface area (Å²) in [4.78, 5) is 0. The molecule has 0 aromatic heterocycles. The third kappa shape index (κ3) is 0.868. The van der Waals surface area contributed by atoms with E-state index < -0.39 is 0 Å². The fourth-order valence-electron chi connectivity index (χ4n) is 3.83. The van der Waals surface area contributed by atoms with E-state index in [0.29, 0.717) is 5.41 Å². The molecule has 1 saturated carbocycles. The molecule has 3 saturated heterocycles. The maximum absolute atomic E-state index is 3.48. The fraction of sp³-hybridized carbons (Fsp3) is 1.00. The Labute approximate surface area is 68.4 Å². The fourth-order valence-corrected chi connectivity index (χ4v) is 3.83. The van der Waals surface area contributed by atoms with Crippen LogP contribution in [0.5, 0.6) is 0 Å². The first-order chi connectivity index (χ1) is 5.23. The summed E-state index contributed by atoms with van der Waals surface area (Å²) in [6.45, 7) is 6.47. The molecule has 3 aliphatic heterocycles. The zero-order chi connectivity index (χ0) is 7.47. The molecule has 0 aromatic rings. The summed E-state index contributed by atoms with van der Waals surface area (Å²) in [6, 6.07) is 0. The van der Waals surface area contributed by atoms with Gasteiger partial charge in [-0.25, -0.2) is 0 Å². The molecule has 1 aliphatic carbocycles. The van der Waals surface area contributed by atoms with E-state index in [1.54, 1.807) is 0 Å². The zero-order valence-electron chi connectivity index (χ0n) is 7.31. The largest absolute Gasteiger partial charge is 0.421 e. The zero-order valence-corrected chi connectivity index (χ0v) is 7.31. The van der Waals surface area contributed by atoms with Crippen molar-refractivity contribution in [3.8, 4) is 0 Å². The van der Waals surface area contributed by atoms with E-state index in [0.717, 1.165) is 11.8 Å². The number of rotatable bonds is 0. The number of hydrogen-bond donors (Lipinski definition) is 0. The standard InChI is InChI=1S/C10H17O/c1-10-3-8-2-9(4-10)6-11(5-8)7-10/h8-9H,2-7H2,1H3/q+1/t8-,9+,10?. The smallest absolute Gasteiger partial charge is 0.151 e. The van der Waals surface area contributed by atoms with Crippen molar-refractivity contribution in [1.82, 2.24) is 0 Å². The van der Waals surface area contributed by atoms with E-state index in [4.69, 9.17) is 0 Å². The maximum atomic E-state index is 3.48. The van der Waals surface area contributed by atoms with E-state index in [1.165, 1.54) is 39.1 Å². The average Bonchev–Trinajstić information content (AvgIpc) is 1.79. The monoisotopic (exact) mass is 153 g/mol. The highest BCUT2D eigenvalue weighted by atomic mass is 16.7. The van der Waals surface area contributed by atoms with Crippen LogP contribution < -0.4 is 0 Å². The minimum Gasteiger partial charge on any atom is -0.421 e. The molecule has 3 heterocycles. The van der Waals surface area contributed by atoms with Crippen molar-refractivity contribution in [3.63, 3.8) is 0 Å². The Balaban J connectivity index is 1.94. The van der Waals surface area contributed by atoms with Crippen molar-refractivity contribution in [2.75, 3.05) is 19.8 Å². The van der Waals surface area contributed by atoms with Crippen molar-refractivity contribution in [2.45, 2.75) is 26.2 Å². The van der Waals surface area contributed by atoms with Gasteiger partial charge in [-0.3, -0.25) is 0 Å². The van der Waals surface area contributed by atoms with Crippen LogP contribution in [0.2, 0.25) is 0 Å². The third-order valence-corrected chi connectivity index (χ3v) is 3.73. The molecule has 0 spiro atoms. The van der Waals surface area contributed by atoms with Gasteiger partial charge in [0.2, 0.25) is 0 Å². The molecule has 1 unspecified atom stereocenters. The van der Waals surface area contributed by atoms with Gasteiger partial charge in [-0.15, -0.1) is 0 Å². The van der Waals surface area contributed by atoms with Gasteiger partial charge < -0.3 is 4.37 Å². The van der Waals surface area contributed by atoms with Crippen LogP contribution in [0.3, 0.4) is 0 Å². The van der Waals surface area contributed by atoms with Crippen LogP contribution in [0.4, 0.5) is 0 Å². The summed E-state index contributed by atoms with van der Waals surface area (Å²) >= 11 is 0. The van der Waals surface area contributed by atoms with Crippen LogP contribution in [0.1, 0.15) is 26.2 Å². The van der Waals surface area contributed by atoms with Crippen LogP contribution in [-0.2, 0) is 4.37 Å². The minimum absolute atomic E-state index is 0.689. The summed E-state index contributed by atoms with van der Waals surface area (Å²) in [5, 5.41) is 0. The van der Waals surface area contributed by atoms with Gasteiger partial charge in [0.15, 0.2) is 6.61 Å². The molecule has 1 nitrogen and oxygen atoms in total. The normalized spacial score (nSPS) is 55.4. The van der Waals surface area contributed by atoms with E-state index in [1.807, 2.05) is 0 Å². The quantitative estimate of drug-likeness (QED) is 0.468. The van der Waals surface area contributed by atoms with E-state index in [-0.39, 0.29) is 0 Å². The molecule has 62 valence electrons. The second-order valence-corrected chi connectivity index (χ2v) is 5.28. The van der Waals surface area contributed by atoms with Gasteiger partial charge in [-0.1, -0.05) is 6.92 Å². The lowest BCUT2D eigenvalue weighted by Gasteiger charge is -2.53. The molecule has 11 heavy (non-hydrogen) atoms. The van der Waals surface area contributed by atoms with E-state index in [9.17, 15) is 0 Å². The van der Waals surface area contributed by atoms with E-state index in [2.05, 4.69) is 11.3 Å². The Kier molecular flexibility index (Phi) is 1.07. The third-order valence-electron chi connectivity index (χ3n) is 3.73. The van der Waals surface area contributed by atoms with Crippen LogP contribution in [-0.4, -0.2) is 19.8 Å². The van der Waals surface area contributed by atoms with Crippen molar-refractivity contribution in [2.24, 2.45) is 17.3 Å². The van der Waals surface area contributed by atoms with Gasteiger partial charge in [0.25, 0.3) is 0 Å². The Hall–Kier alpha value is -0.0400. The SMILES string of the molecule is CC12C[C@@H]3C[C@@H](C[O+](C3)C1)C2. The van der Waals surface area contributed by atoms with Crippen molar-refractivity contribution in [3.05, 3.63) is 0 Å². The molecule has 4 fully saturated rings. The topological polar surface area (TPSA) is 2.70 Å². The van der Waals surface area contributed by atoms with Crippen molar-refractivity contribution >= 4 is 0 Å². The van der Waals surface area contributed by atoms with Gasteiger partial charge in [0, 0.05) is 17.3 Å². The summed E-state index contributed by atoms with van der Waals surface area (Å²) in [5.41, 5.74) is 0.689. The Bertz CT molecular complexity index is 150. The second-order valence-electron chi connectivity index (χ2n) is 5.28. The second kappa shape index (κ2) is 1.82. The highest BCUT2D eigenvalue weighted by Crippen LogP contribution is 2.51. The first kappa shape index (κ1) is 6.47. The van der Waals surface area contributed by atoms with Gasteiger partial charge in [-0.05, 0) is 19.3 Å². The molecular weight excluding hydrogens is 136 g/mol. The molecule has 0 N–H and O–H groups in total. The first-order valence-electron chi connectivity index (χ1n) is 4.88. The summed E-state index contributed by atoms with van der Waals surface area (Å²) < 4.78 is 3.48. The average molecular weight is 153 g/mol. The Morgan fingerprint density at radius 2 is 1.82 bits per heavy atom. The highest BCUT2D eigenvalue weighted by molar-refractivity contribution is 4.95. The highest BCUT2D eigenvalue weighted by Gasteiger charge is 2.52. The predicted octanol–water partition coefficient (Wildman–Crippen LogP) is 1.99. The molecule has 4 rings (SSSR count). The van der Waals surface area contributed by atoms with Gasteiger partial charge in [0.05, 0.1) is 0 Å². The molecule has 0 aromatic carbocycles. The van der Waals surface area contributed by atoms with Crippen LogP contribution in [0, 0.1) is 17.3 Å². The lowest BCUT2D eigenvalue weighted by atomic mass is 9.63. The molecule has 1 heteroatoms. The summed E-state index contributed by atoms with van der Waals surface area (Å²) in [7, 11) is 0. The van der Waals surface area contributed by atoms with Crippen molar-refractivity contribution in [1.29, 1.82) is 0 Å². The minimum atomic E-state index is 0.689. The maximum Gasteiger partial charge on any atom is 0.151 e.